The van der Waals surface area contributed by atoms with Gasteiger partial charge in [0.25, 0.3) is 5.91 Å². The van der Waals surface area contributed by atoms with E-state index < -0.39 is 0 Å². The molecule has 0 bridgehead atoms. The van der Waals surface area contributed by atoms with Crippen LogP contribution in [0.25, 0.3) is 0 Å². The molecule has 0 atom stereocenters. The van der Waals surface area contributed by atoms with Gasteiger partial charge < -0.3 is 20.3 Å². The first-order chi connectivity index (χ1) is 14.1. The number of rotatable bonds is 11. The molecular weight excluding hydrogens is 366 g/mol. The maximum atomic E-state index is 12.0. The molecule has 2 aromatic carbocycles. The number of carbonyl (C=O) groups excluding carboxylic acids is 2. The lowest BCUT2D eigenvalue weighted by Crippen LogP contribution is -2.31. The predicted molar refractivity (Wildman–Crippen MR) is 114 cm³/mol. The third-order valence-electron chi connectivity index (χ3n) is 4.75. The van der Waals surface area contributed by atoms with E-state index in [9.17, 15) is 9.59 Å². The van der Waals surface area contributed by atoms with E-state index in [0.717, 1.165) is 32.4 Å². The molecule has 0 aromatic heterocycles. The molecule has 6 nitrogen and oxygen atoms in total. The van der Waals surface area contributed by atoms with Gasteiger partial charge in [-0.25, -0.2) is 0 Å². The van der Waals surface area contributed by atoms with E-state index >= 15 is 0 Å². The van der Waals surface area contributed by atoms with Gasteiger partial charge in [0.15, 0.2) is 6.61 Å². The average molecular weight is 396 g/mol. The summed E-state index contributed by atoms with van der Waals surface area (Å²) in [5, 5.41) is 5.76. The van der Waals surface area contributed by atoms with E-state index in [4.69, 9.17) is 4.74 Å². The van der Waals surface area contributed by atoms with Crippen LogP contribution in [-0.4, -0.2) is 43.5 Å². The smallest absolute Gasteiger partial charge is 0.257 e. The third-order valence-corrected chi connectivity index (χ3v) is 4.75. The summed E-state index contributed by atoms with van der Waals surface area (Å²) < 4.78 is 5.55. The normalized spacial score (nSPS) is 13.2. The Morgan fingerprint density at radius 2 is 1.90 bits per heavy atom. The van der Waals surface area contributed by atoms with Crippen molar-refractivity contribution >= 4 is 17.5 Å². The first-order valence-corrected chi connectivity index (χ1v) is 10.1. The summed E-state index contributed by atoms with van der Waals surface area (Å²) in [7, 11) is 2.08. The first-order valence-electron chi connectivity index (χ1n) is 10.1. The van der Waals surface area contributed by atoms with Crippen molar-refractivity contribution in [2.45, 2.75) is 25.8 Å². The van der Waals surface area contributed by atoms with Crippen LogP contribution in [0.4, 0.5) is 5.69 Å². The molecule has 0 saturated heterocycles. The molecular formula is C23H29N3O3. The maximum Gasteiger partial charge on any atom is 0.257 e. The minimum atomic E-state index is -0.150. The highest BCUT2D eigenvalue weighted by Gasteiger charge is 2.29. The second-order valence-electron chi connectivity index (χ2n) is 7.51. The molecule has 29 heavy (non-hydrogen) atoms. The van der Waals surface area contributed by atoms with Gasteiger partial charge in [-0.1, -0.05) is 36.4 Å². The predicted octanol–water partition coefficient (Wildman–Crippen LogP) is 3.05. The second kappa shape index (κ2) is 10.6. The maximum absolute atomic E-state index is 12.0. The summed E-state index contributed by atoms with van der Waals surface area (Å²) in [4.78, 5) is 26.1. The summed E-state index contributed by atoms with van der Waals surface area (Å²) in [6.07, 6.45) is 2.80. The van der Waals surface area contributed by atoms with Gasteiger partial charge in [0, 0.05) is 30.8 Å². The fraction of sp³-hybridized carbons (Fsp3) is 0.391. The van der Waals surface area contributed by atoms with Crippen LogP contribution in [0.2, 0.25) is 0 Å². The number of hydrogen-bond donors (Lipinski definition) is 2. The monoisotopic (exact) mass is 395 g/mol. The SMILES string of the molecule is CN(CCCNC(=O)COc1cccc(NC(=O)C2CC2)c1)Cc1ccccc1. The Balaban J connectivity index is 1.30. The van der Waals surface area contributed by atoms with Gasteiger partial charge in [-0.3, -0.25) is 9.59 Å². The third kappa shape index (κ3) is 7.58. The van der Waals surface area contributed by atoms with Gasteiger partial charge in [-0.05, 0) is 50.6 Å². The minimum absolute atomic E-state index is 0.0418. The van der Waals surface area contributed by atoms with Crippen LogP contribution in [0.1, 0.15) is 24.8 Å². The number of anilines is 1. The number of amides is 2. The first kappa shape index (κ1) is 20.9. The van der Waals surface area contributed by atoms with Crippen LogP contribution >= 0.6 is 0 Å². The zero-order valence-corrected chi connectivity index (χ0v) is 16.9. The lowest BCUT2D eigenvalue weighted by Gasteiger charge is -2.16. The molecule has 0 heterocycles. The molecule has 0 radical (unpaired) electrons. The molecule has 1 aliphatic carbocycles. The number of benzene rings is 2. The number of ether oxygens (including phenoxy) is 1. The molecule has 2 amide bonds. The van der Waals surface area contributed by atoms with Crippen LogP contribution < -0.4 is 15.4 Å². The van der Waals surface area contributed by atoms with E-state index in [0.29, 0.717) is 18.0 Å². The topological polar surface area (TPSA) is 70.7 Å². The highest BCUT2D eigenvalue weighted by atomic mass is 16.5. The second-order valence-corrected chi connectivity index (χ2v) is 7.51. The van der Waals surface area contributed by atoms with Crippen molar-refractivity contribution in [1.82, 2.24) is 10.2 Å². The van der Waals surface area contributed by atoms with Crippen LogP contribution in [0.5, 0.6) is 5.75 Å². The molecule has 0 unspecified atom stereocenters. The zero-order chi connectivity index (χ0) is 20.5. The van der Waals surface area contributed by atoms with Gasteiger partial charge in [0.2, 0.25) is 5.91 Å². The van der Waals surface area contributed by atoms with Gasteiger partial charge in [-0.15, -0.1) is 0 Å². The largest absolute Gasteiger partial charge is 0.484 e. The molecule has 2 N–H and O–H groups in total. The number of nitrogens with one attached hydrogen (secondary N) is 2. The summed E-state index contributed by atoms with van der Waals surface area (Å²) in [5.41, 5.74) is 1.98. The number of nitrogens with zero attached hydrogens (tertiary/aromatic N) is 1. The molecule has 2 aromatic rings. The van der Waals surface area contributed by atoms with E-state index in [1.807, 2.05) is 24.3 Å². The van der Waals surface area contributed by atoms with Crippen molar-refractivity contribution in [2.24, 2.45) is 5.92 Å². The van der Waals surface area contributed by atoms with Gasteiger partial charge in [0.05, 0.1) is 0 Å². The molecule has 154 valence electrons. The van der Waals surface area contributed by atoms with E-state index in [1.165, 1.54) is 5.56 Å². The van der Waals surface area contributed by atoms with E-state index in [2.05, 4.69) is 34.7 Å². The summed E-state index contributed by atoms with van der Waals surface area (Å²) in [5.74, 6) is 0.619. The molecule has 0 aliphatic heterocycles. The lowest BCUT2D eigenvalue weighted by molar-refractivity contribution is -0.123. The minimum Gasteiger partial charge on any atom is -0.484 e. The summed E-state index contributed by atoms with van der Waals surface area (Å²) in [6.45, 7) is 2.36. The van der Waals surface area contributed by atoms with Crippen LogP contribution in [0.15, 0.2) is 54.6 Å². The highest BCUT2D eigenvalue weighted by molar-refractivity contribution is 5.94. The van der Waals surface area contributed by atoms with Crippen molar-refractivity contribution in [3.8, 4) is 5.75 Å². The van der Waals surface area contributed by atoms with Crippen molar-refractivity contribution in [1.29, 1.82) is 0 Å². The van der Waals surface area contributed by atoms with E-state index in [-0.39, 0.29) is 24.3 Å². The van der Waals surface area contributed by atoms with Gasteiger partial charge in [0.1, 0.15) is 5.75 Å². The van der Waals surface area contributed by atoms with Crippen molar-refractivity contribution in [2.75, 3.05) is 32.1 Å². The Morgan fingerprint density at radius 3 is 2.66 bits per heavy atom. The van der Waals surface area contributed by atoms with Crippen molar-refractivity contribution in [3.63, 3.8) is 0 Å². The Morgan fingerprint density at radius 1 is 1.10 bits per heavy atom. The number of carbonyl (C=O) groups is 2. The molecule has 1 saturated carbocycles. The average Bonchev–Trinajstić information content (AvgIpc) is 3.56. The van der Waals surface area contributed by atoms with Crippen LogP contribution in [0.3, 0.4) is 0 Å². The van der Waals surface area contributed by atoms with Crippen LogP contribution in [0, 0.1) is 5.92 Å². The molecule has 0 spiro atoms. The van der Waals surface area contributed by atoms with Crippen molar-refractivity contribution < 1.29 is 14.3 Å². The fourth-order valence-electron chi connectivity index (χ4n) is 3.00. The molecule has 3 rings (SSSR count). The van der Waals surface area contributed by atoms with Gasteiger partial charge in [-0.2, -0.15) is 0 Å². The van der Waals surface area contributed by atoms with Gasteiger partial charge >= 0.3 is 0 Å². The summed E-state index contributed by atoms with van der Waals surface area (Å²) in [6, 6.07) is 17.5. The quantitative estimate of drug-likeness (QED) is 0.574. The van der Waals surface area contributed by atoms with E-state index in [1.54, 1.807) is 18.2 Å². The number of hydrogen-bond acceptors (Lipinski definition) is 4. The molecule has 6 heteroatoms. The summed E-state index contributed by atoms with van der Waals surface area (Å²) >= 11 is 0. The molecule has 1 fully saturated rings. The molecule has 1 aliphatic rings. The fourth-order valence-corrected chi connectivity index (χ4v) is 3.00. The Kier molecular flexibility index (Phi) is 7.64. The zero-order valence-electron chi connectivity index (χ0n) is 16.9. The van der Waals surface area contributed by atoms with Crippen molar-refractivity contribution in [3.05, 3.63) is 60.2 Å². The Labute approximate surface area is 172 Å². The lowest BCUT2D eigenvalue weighted by atomic mass is 10.2. The standard InChI is InChI=1S/C23H29N3O3/c1-26(16-18-7-3-2-4-8-18)14-6-13-24-22(27)17-29-21-10-5-9-20(15-21)25-23(28)19-11-12-19/h2-5,7-10,15,19H,6,11-14,16-17H2,1H3,(H,24,27)(H,25,28). The Hall–Kier alpha value is -2.86. The Bertz CT molecular complexity index is 806. The highest BCUT2D eigenvalue weighted by Crippen LogP contribution is 2.30. The van der Waals surface area contributed by atoms with Crippen LogP contribution in [-0.2, 0) is 16.1 Å².